The summed E-state index contributed by atoms with van der Waals surface area (Å²) in [4.78, 5) is 0. The van der Waals surface area contributed by atoms with Gasteiger partial charge in [-0.15, -0.1) is 0 Å². The van der Waals surface area contributed by atoms with Crippen LogP contribution in [0.3, 0.4) is 0 Å². The van der Waals surface area contributed by atoms with E-state index in [1.165, 1.54) is 173 Å². The van der Waals surface area contributed by atoms with Gasteiger partial charge in [0.15, 0.2) is 0 Å². The van der Waals surface area contributed by atoms with Crippen LogP contribution in [0.25, 0.3) is 0 Å². The first kappa shape index (κ1) is 33.9. The van der Waals surface area contributed by atoms with Crippen molar-refractivity contribution in [2.24, 2.45) is 0 Å². The first-order valence-corrected chi connectivity index (χ1v) is 17.5. The van der Waals surface area contributed by atoms with Crippen LogP contribution in [0.5, 0.6) is 0 Å². The lowest BCUT2D eigenvalue weighted by atomic mass is 10.1. The Morgan fingerprint density at radius 1 is 0.441 bits per heavy atom. The molecule has 0 heterocycles. The molecule has 0 aromatic heterocycles. The zero-order valence-electron chi connectivity index (χ0n) is 24.6. The maximum atomic E-state index is 2.86. The molecular weight excluding hydrogens is 426 g/mol. The molecule has 0 rings (SSSR count). The van der Waals surface area contributed by atoms with Crippen LogP contribution in [0.2, 0.25) is 0 Å². The quantitative estimate of drug-likeness (QED) is 0.0773. The number of hydrogen-bond acceptors (Lipinski definition) is 1. The van der Waals surface area contributed by atoms with Gasteiger partial charge in [-0.3, -0.25) is 0 Å². The van der Waals surface area contributed by atoms with Crippen molar-refractivity contribution >= 4 is 9.68 Å². The predicted molar refractivity (Wildman–Crippen MR) is 162 cm³/mol. The summed E-state index contributed by atoms with van der Waals surface area (Å²) in [6.45, 7) is 11.9. The molecule has 0 aliphatic carbocycles. The number of unbranched alkanes of at least 4 members (excludes halogenated alkanes) is 22. The first-order valence-electron chi connectivity index (χ1n) is 16.1. The van der Waals surface area contributed by atoms with Gasteiger partial charge in [0.25, 0.3) is 0 Å². The van der Waals surface area contributed by atoms with Gasteiger partial charge in [0.05, 0.1) is 0 Å². The molecule has 0 aliphatic heterocycles. The lowest BCUT2D eigenvalue weighted by molar-refractivity contribution is 0.405. The molecule has 204 valence electrons. The van der Waals surface area contributed by atoms with Crippen LogP contribution < -0.4 is 0 Å². The van der Waals surface area contributed by atoms with E-state index in [0.29, 0.717) is 0 Å². The van der Waals surface area contributed by atoms with E-state index in [9.17, 15) is 0 Å². The third-order valence-corrected chi connectivity index (χ3v) is 9.56. The van der Waals surface area contributed by atoms with E-state index in [2.05, 4.69) is 38.0 Å². The standard InChI is InChI=1S/C32H67NSi/c1-5-7-9-11-13-15-17-19-21-23-25-27-29-33(34-31-32(3)4)30-28-26-24-22-20-18-16-14-12-10-8-6-2/h31H,5-30,34H2,1-4H3. The summed E-state index contributed by atoms with van der Waals surface area (Å²) in [6, 6.07) is 0. The Balaban J connectivity index is 3.63. The Kier molecular flexibility index (Phi) is 29.1. The number of allylic oxidation sites excluding steroid dienone is 1. The van der Waals surface area contributed by atoms with E-state index >= 15 is 0 Å². The average molecular weight is 494 g/mol. The van der Waals surface area contributed by atoms with E-state index in [1.807, 2.05) is 0 Å². The highest BCUT2D eigenvalue weighted by Gasteiger charge is 2.04. The average Bonchev–Trinajstić information content (AvgIpc) is 2.83. The minimum absolute atomic E-state index is 0.171. The van der Waals surface area contributed by atoms with Crippen molar-refractivity contribution in [3.8, 4) is 0 Å². The van der Waals surface area contributed by atoms with Crippen LogP contribution in [0.15, 0.2) is 11.3 Å². The summed E-state index contributed by atoms with van der Waals surface area (Å²) in [5.41, 5.74) is 4.10. The van der Waals surface area contributed by atoms with Gasteiger partial charge in [-0.2, -0.15) is 0 Å². The molecule has 0 saturated heterocycles. The molecule has 0 radical (unpaired) electrons. The molecule has 0 bridgehead atoms. The predicted octanol–water partition coefficient (Wildman–Crippen LogP) is 10.7. The lowest BCUT2D eigenvalue weighted by Gasteiger charge is -2.21. The zero-order valence-corrected chi connectivity index (χ0v) is 26.0. The maximum Gasteiger partial charge on any atom is 0.119 e. The molecule has 0 atom stereocenters. The van der Waals surface area contributed by atoms with E-state index < -0.39 is 0 Å². The molecule has 34 heavy (non-hydrogen) atoms. The molecule has 0 saturated carbocycles. The van der Waals surface area contributed by atoms with Crippen LogP contribution in [-0.2, 0) is 0 Å². The Hall–Kier alpha value is -0.0831. The Morgan fingerprint density at radius 2 is 0.706 bits per heavy atom. The van der Waals surface area contributed by atoms with Gasteiger partial charge in [-0.05, 0) is 39.8 Å². The van der Waals surface area contributed by atoms with Crippen molar-refractivity contribution in [2.45, 2.75) is 182 Å². The van der Waals surface area contributed by atoms with E-state index in [1.54, 1.807) is 0 Å². The summed E-state index contributed by atoms with van der Waals surface area (Å²) in [7, 11) is -0.171. The normalized spacial score (nSPS) is 11.8. The van der Waals surface area contributed by atoms with Crippen molar-refractivity contribution in [1.29, 1.82) is 0 Å². The Labute approximate surface area is 220 Å². The van der Waals surface area contributed by atoms with Crippen LogP contribution in [0.1, 0.15) is 182 Å². The number of nitrogens with zero attached hydrogens (tertiary/aromatic N) is 1. The van der Waals surface area contributed by atoms with Gasteiger partial charge in [-0.1, -0.05) is 166 Å². The van der Waals surface area contributed by atoms with Crippen LogP contribution in [-0.4, -0.2) is 27.3 Å². The monoisotopic (exact) mass is 494 g/mol. The van der Waals surface area contributed by atoms with Crippen molar-refractivity contribution < 1.29 is 0 Å². The highest BCUT2D eigenvalue weighted by Crippen LogP contribution is 2.14. The molecule has 0 unspecified atom stereocenters. The third-order valence-electron chi connectivity index (χ3n) is 7.41. The summed E-state index contributed by atoms with van der Waals surface area (Å²) in [5.74, 6) is 0. The summed E-state index contributed by atoms with van der Waals surface area (Å²) in [6.07, 6.45) is 34.9. The molecule has 0 aromatic rings. The van der Waals surface area contributed by atoms with Crippen molar-refractivity contribution in [3.63, 3.8) is 0 Å². The first-order chi connectivity index (χ1) is 16.7. The maximum absolute atomic E-state index is 2.86. The largest absolute Gasteiger partial charge is 0.325 e. The van der Waals surface area contributed by atoms with E-state index in [0.717, 1.165) is 0 Å². The fourth-order valence-corrected chi connectivity index (χ4v) is 6.39. The van der Waals surface area contributed by atoms with Gasteiger partial charge in [0, 0.05) is 0 Å². The molecule has 0 aromatic carbocycles. The van der Waals surface area contributed by atoms with Crippen molar-refractivity contribution in [2.75, 3.05) is 13.1 Å². The van der Waals surface area contributed by atoms with Gasteiger partial charge < -0.3 is 4.57 Å². The van der Waals surface area contributed by atoms with E-state index in [-0.39, 0.29) is 9.68 Å². The second-order valence-electron chi connectivity index (χ2n) is 11.4. The van der Waals surface area contributed by atoms with Crippen LogP contribution in [0, 0.1) is 0 Å². The molecule has 0 amide bonds. The summed E-state index contributed by atoms with van der Waals surface area (Å²) >= 11 is 0. The number of rotatable bonds is 28. The highest BCUT2D eigenvalue weighted by atomic mass is 28.2. The second kappa shape index (κ2) is 29.1. The second-order valence-corrected chi connectivity index (χ2v) is 13.0. The van der Waals surface area contributed by atoms with Gasteiger partial charge in [-0.25, -0.2) is 0 Å². The molecule has 0 N–H and O–H groups in total. The van der Waals surface area contributed by atoms with Gasteiger partial charge in [0.2, 0.25) is 0 Å². The van der Waals surface area contributed by atoms with Gasteiger partial charge >= 0.3 is 0 Å². The van der Waals surface area contributed by atoms with Gasteiger partial charge in [0.1, 0.15) is 9.68 Å². The van der Waals surface area contributed by atoms with Crippen molar-refractivity contribution in [1.82, 2.24) is 4.57 Å². The summed E-state index contributed by atoms with van der Waals surface area (Å²) < 4.78 is 2.86. The molecule has 0 aliphatic rings. The highest BCUT2D eigenvalue weighted by molar-refractivity contribution is 6.38. The fraction of sp³-hybridized carbons (Fsp3) is 0.938. The smallest absolute Gasteiger partial charge is 0.119 e. The zero-order chi connectivity index (χ0) is 25.0. The Bertz CT molecular complexity index is 374. The SMILES string of the molecule is CCCCCCCCCCCCCCN(CCCCCCCCCCCCCC)[SiH2]C=C(C)C. The van der Waals surface area contributed by atoms with Crippen LogP contribution in [0.4, 0.5) is 0 Å². The van der Waals surface area contributed by atoms with Crippen molar-refractivity contribution in [3.05, 3.63) is 11.3 Å². The molecule has 0 fully saturated rings. The fourth-order valence-electron chi connectivity index (χ4n) is 4.96. The minimum atomic E-state index is -0.171. The van der Waals surface area contributed by atoms with E-state index in [4.69, 9.17) is 0 Å². The molecule has 0 spiro atoms. The lowest BCUT2D eigenvalue weighted by Crippen LogP contribution is -2.29. The summed E-state index contributed by atoms with van der Waals surface area (Å²) in [5, 5.41) is 0. The molecule has 2 heteroatoms. The molecule has 1 nitrogen and oxygen atoms in total. The minimum Gasteiger partial charge on any atom is -0.325 e. The molecular formula is C32H67NSi. The van der Waals surface area contributed by atoms with Crippen LogP contribution >= 0.6 is 0 Å². The topological polar surface area (TPSA) is 3.24 Å². The Morgan fingerprint density at radius 3 is 0.971 bits per heavy atom. The number of hydrogen-bond donors (Lipinski definition) is 0. The third kappa shape index (κ3) is 28.2.